The third-order valence-corrected chi connectivity index (χ3v) is 2.73. The number of amides is 2. The van der Waals surface area contributed by atoms with Crippen molar-refractivity contribution >= 4 is 24.2 Å². The van der Waals surface area contributed by atoms with E-state index in [1.165, 1.54) is 12.8 Å². The second-order valence-electron chi connectivity index (χ2n) is 4.74. The van der Waals surface area contributed by atoms with Gasteiger partial charge in [0.15, 0.2) is 0 Å². The van der Waals surface area contributed by atoms with Gasteiger partial charge in [-0.25, -0.2) is 0 Å². The molecule has 1 saturated carbocycles. The molecule has 4 N–H and O–H groups in total. The van der Waals surface area contributed by atoms with Gasteiger partial charge in [0.05, 0.1) is 12.6 Å². The van der Waals surface area contributed by atoms with Gasteiger partial charge in [0.2, 0.25) is 11.8 Å². The molecule has 5 nitrogen and oxygen atoms in total. The monoisotopic (exact) mass is 263 g/mol. The highest BCUT2D eigenvalue weighted by Gasteiger charge is 2.22. The van der Waals surface area contributed by atoms with Crippen LogP contribution >= 0.6 is 12.4 Å². The molecule has 0 heterocycles. The van der Waals surface area contributed by atoms with Crippen molar-refractivity contribution in [3.63, 3.8) is 0 Å². The summed E-state index contributed by atoms with van der Waals surface area (Å²) in [7, 11) is 0. The van der Waals surface area contributed by atoms with E-state index in [4.69, 9.17) is 5.73 Å². The maximum absolute atomic E-state index is 11.4. The van der Waals surface area contributed by atoms with Crippen LogP contribution in [0.1, 0.15) is 26.7 Å². The number of halogens is 1. The molecule has 0 aromatic carbocycles. The number of hydrogen-bond donors (Lipinski definition) is 3. The van der Waals surface area contributed by atoms with Crippen LogP contribution in [0.25, 0.3) is 0 Å². The first kappa shape index (κ1) is 16.2. The molecule has 1 rings (SSSR count). The van der Waals surface area contributed by atoms with Crippen molar-refractivity contribution in [1.82, 2.24) is 10.6 Å². The third-order valence-electron chi connectivity index (χ3n) is 2.73. The number of carbonyl (C=O) groups excluding carboxylic acids is 2. The largest absolute Gasteiger partial charge is 0.354 e. The summed E-state index contributed by atoms with van der Waals surface area (Å²) in [4.78, 5) is 22.7. The zero-order valence-electron chi connectivity index (χ0n) is 10.4. The fourth-order valence-corrected chi connectivity index (χ4v) is 1.23. The lowest BCUT2D eigenvalue weighted by molar-refractivity contribution is -0.127. The van der Waals surface area contributed by atoms with Gasteiger partial charge in [0.1, 0.15) is 0 Å². The lowest BCUT2D eigenvalue weighted by Gasteiger charge is -2.15. The summed E-state index contributed by atoms with van der Waals surface area (Å²) < 4.78 is 0. The van der Waals surface area contributed by atoms with Gasteiger partial charge < -0.3 is 16.4 Å². The topological polar surface area (TPSA) is 84.2 Å². The summed E-state index contributed by atoms with van der Waals surface area (Å²) in [6.07, 6.45) is 2.40. The van der Waals surface area contributed by atoms with Gasteiger partial charge in [-0.05, 0) is 24.7 Å². The highest BCUT2D eigenvalue weighted by molar-refractivity contribution is 5.87. The Balaban J connectivity index is 0.00000256. The van der Waals surface area contributed by atoms with Gasteiger partial charge in [-0.1, -0.05) is 13.8 Å². The number of hydrogen-bond acceptors (Lipinski definition) is 3. The summed E-state index contributed by atoms with van der Waals surface area (Å²) in [5.74, 6) is 0.319. The van der Waals surface area contributed by atoms with Gasteiger partial charge in [-0.3, -0.25) is 9.59 Å². The quantitative estimate of drug-likeness (QED) is 0.632. The average molecular weight is 264 g/mol. The fraction of sp³-hybridized carbons (Fsp3) is 0.818. The van der Waals surface area contributed by atoms with Crippen LogP contribution in [-0.4, -0.2) is 30.9 Å². The van der Waals surface area contributed by atoms with Crippen LogP contribution in [-0.2, 0) is 9.59 Å². The first-order chi connectivity index (χ1) is 7.50. The Bertz CT molecular complexity index is 267. The smallest absolute Gasteiger partial charge is 0.239 e. The van der Waals surface area contributed by atoms with Gasteiger partial charge >= 0.3 is 0 Å². The average Bonchev–Trinajstić information content (AvgIpc) is 3.05. The van der Waals surface area contributed by atoms with E-state index in [1.54, 1.807) is 0 Å². The van der Waals surface area contributed by atoms with E-state index in [0.29, 0.717) is 5.92 Å². The second-order valence-corrected chi connectivity index (χ2v) is 4.74. The number of rotatable bonds is 6. The summed E-state index contributed by atoms with van der Waals surface area (Å²) in [6.45, 7) is 4.49. The number of carbonyl (C=O) groups is 2. The zero-order valence-corrected chi connectivity index (χ0v) is 11.2. The van der Waals surface area contributed by atoms with Crippen molar-refractivity contribution in [1.29, 1.82) is 0 Å². The molecular formula is C11H22ClN3O2. The molecule has 1 aliphatic carbocycles. The highest BCUT2D eigenvalue weighted by atomic mass is 35.5. The van der Waals surface area contributed by atoms with E-state index in [0.717, 1.165) is 6.54 Å². The minimum absolute atomic E-state index is 0. The second kappa shape index (κ2) is 7.50. The lowest BCUT2D eigenvalue weighted by Crippen LogP contribution is -2.47. The molecule has 0 spiro atoms. The molecule has 0 aromatic heterocycles. The summed E-state index contributed by atoms with van der Waals surface area (Å²) in [6, 6.07) is -0.545. The molecule has 6 heteroatoms. The minimum Gasteiger partial charge on any atom is -0.354 e. The van der Waals surface area contributed by atoms with E-state index < -0.39 is 6.04 Å². The zero-order chi connectivity index (χ0) is 12.1. The van der Waals surface area contributed by atoms with Crippen molar-refractivity contribution in [3.05, 3.63) is 0 Å². The molecule has 0 aromatic rings. The van der Waals surface area contributed by atoms with Crippen molar-refractivity contribution in [2.24, 2.45) is 17.6 Å². The highest BCUT2D eigenvalue weighted by Crippen LogP contribution is 2.27. The fourth-order valence-electron chi connectivity index (χ4n) is 1.23. The Morgan fingerprint density at radius 1 is 1.29 bits per heavy atom. The molecule has 1 aliphatic rings. The SMILES string of the molecule is CC(C)[C@H](N)C(=O)NCC(=O)NCC1CC1.Cl. The van der Waals surface area contributed by atoms with E-state index >= 15 is 0 Å². The standard InChI is InChI=1S/C11H21N3O2.ClH/c1-7(2)10(12)11(16)14-6-9(15)13-5-8-3-4-8;/h7-8,10H,3-6,12H2,1-2H3,(H,13,15)(H,14,16);1H/t10-;/m0./s1. The number of nitrogens with two attached hydrogens (primary N) is 1. The van der Waals surface area contributed by atoms with Gasteiger partial charge in [-0.2, -0.15) is 0 Å². The van der Waals surface area contributed by atoms with Gasteiger partial charge in [-0.15, -0.1) is 12.4 Å². The van der Waals surface area contributed by atoms with Crippen LogP contribution in [0.15, 0.2) is 0 Å². The van der Waals surface area contributed by atoms with Crippen LogP contribution < -0.4 is 16.4 Å². The third kappa shape index (κ3) is 6.48. The molecule has 0 bridgehead atoms. The Morgan fingerprint density at radius 2 is 1.88 bits per heavy atom. The van der Waals surface area contributed by atoms with Crippen molar-refractivity contribution in [3.8, 4) is 0 Å². The molecule has 1 fully saturated rings. The molecule has 0 aliphatic heterocycles. The van der Waals surface area contributed by atoms with Crippen LogP contribution in [0.4, 0.5) is 0 Å². The van der Waals surface area contributed by atoms with Crippen molar-refractivity contribution in [2.45, 2.75) is 32.7 Å². The maximum Gasteiger partial charge on any atom is 0.239 e. The van der Waals surface area contributed by atoms with E-state index in [2.05, 4.69) is 10.6 Å². The molecule has 0 unspecified atom stereocenters. The molecule has 2 amide bonds. The maximum atomic E-state index is 11.4. The van der Waals surface area contributed by atoms with E-state index in [-0.39, 0.29) is 36.7 Å². The first-order valence-corrected chi connectivity index (χ1v) is 5.80. The predicted octanol–water partition coefficient (Wildman–Crippen LogP) is 0.0339. The Kier molecular flexibility index (Phi) is 7.15. The molecular weight excluding hydrogens is 242 g/mol. The lowest BCUT2D eigenvalue weighted by atomic mass is 10.1. The van der Waals surface area contributed by atoms with E-state index in [9.17, 15) is 9.59 Å². The Hall–Kier alpha value is -0.810. The van der Waals surface area contributed by atoms with Crippen molar-refractivity contribution in [2.75, 3.05) is 13.1 Å². The molecule has 17 heavy (non-hydrogen) atoms. The van der Waals surface area contributed by atoms with Crippen molar-refractivity contribution < 1.29 is 9.59 Å². The first-order valence-electron chi connectivity index (χ1n) is 5.80. The van der Waals surface area contributed by atoms with E-state index in [1.807, 2.05) is 13.8 Å². The molecule has 0 saturated heterocycles. The summed E-state index contributed by atoms with van der Waals surface area (Å²) in [5, 5.41) is 5.31. The molecule has 0 radical (unpaired) electrons. The summed E-state index contributed by atoms with van der Waals surface area (Å²) >= 11 is 0. The van der Waals surface area contributed by atoms with Crippen LogP contribution in [0, 0.1) is 11.8 Å². The minimum atomic E-state index is -0.545. The Labute approximate surface area is 108 Å². The Morgan fingerprint density at radius 3 is 2.35 bits per heavy atom. The molecule has 100 valence electrons. The normalized spacial score (nSPS) is 16.0. The van der Waals surface area contributed by atoms with Gasteiger partial charge in [0.25, 0.3) is 0 Å². The molecule has 1 atom stereocenters. The predicted molar refractivity (Wildman–Crippen MR) is 68.8 cm³/mol. The summed E-state index contributed by atoms with van der Waals surface area (Å²) in [5.41, 5.74) is 5.63. The van der Waals surface area contributed by atoms with Crippen LogP contribution in [0.5, 0.6) is 0 Å². The van der Waals surface area contributed by atoms with Crippen LogP contribution in [0.3, 0.4) is 0 Å². The van der Waals surface area contributed by atoms with Gasteiger partial charge in [0, 0.05) is 6.54 Å². The van der Waals surface area contributed by atoms with Crippen LogP contribution in [0.2, 0.25) is 0 Å². The number of nitrogens with one attached hydrogen (secondary N) is 2.